The summed E-state index contributed by atoms with van der Waals surface area (Å²) in [5.74, 6) is -0.473. The van der Waals surface area contributed by atoms with E-state index in [4.69, 9.17) is 5.26 Å². The van der Waals surface area contributed by atoms with E-state index in [9.17, 15) is 19.7 Å². The number of nitrogens with zero attached hydrogens (tertiary/aromatic N) is 3. The van der Waals surface area contributed by atoms with E-state index < -0.39 is 4.92 Å². The van der Waals surface area contributed by atoms with Crippen LogP contribution in [0.2, 0.25) is 0 Å². The first kappa shape index (κ1) is 23.4. The second-order valence-electron chi connectivity index (χ2n) is 8.55. The second kappa shape index (κ2) is 9.72. The van der Waals surface area contributed by atoms with Crippen molar-refractivity contribution in [2.45, 2.75) is 6.42 Å². The summed E-state index contributed by atoms with van der Waals surface area (Å²) >= 11 is 0. The van der Waals surface area contributed by atoms with Crippen molar-refractivity contribution in [1.29, 1.82) is 5.26 Å². The molecule has 0 atom stereocenters. The summed E-state index contributed by atoms with van der Waals surface area (Å²) in [6.07, 6.45) is 2.26. The highest BCUT2D eigenvalue weighted by Gasteiger charge is 2.22. The van der Waals surface area contributed by atoms with Gasteiger partial charge in [0.05, 0.1) is 27.8 Å². The molecule has 0 saturated heterocycles. The predicted molar refractivity (Wildman–Crippen MR) is 138 cm³/mol. The van der Waals surface area contributed by atoms with Crippen LogP contribution in [0.15, 0.2) is 103 Å². The number of carbonyl (C=O) groups excluding carboxylic acids is 2. The molecule has 2 aromatic heterocycles. The van der Waals surface area contributed by atoms with Gasteiger partial charge < -0.3 is 4.40 Å². The third-order valence-electron chi connectivity index (χ3n) is 6.18. The van der Waals surface area contributed by atoms with Crippen LogP contribution >= 0.6 is 0 Å². The zero-order chi connectivity index (χ0) is 25.9. The Labute approximate surface area is 212 Å². The zero-order valence-electron chi connectivity index (χ0n) is 19.5. The molecule has 0 bridgehead atoms. The van der Waals surface area contributed by atoms with Gasteiger partial charge in [0.1, 0.15) is 0 Å². The number of fused-ring (bicyclic) bond motifs is 1. The van der Waals surface area contributed by atoms with Crippen LogP contribution in [0.4, 0.5) is 5.69 Å². The van der Waals surface area contributed by atoms with Crippen LogP contribution in [0.5, 0.6) is 0 Å². The van der Waals surface area contributed by atoms with Gasteiger partial charge in [-0.05, 0) is 60.0 Å². The summed E-state index contributed by atoms with van der Waals surface area (Å²) in [6, 6.07) is 28.9. The van der Waals surface area contributed by atoms with Crippen molar-refractivity contribution in [3.05, 3.63) is 152 Å². The number of benzene rings is 3. The number of non-ortho nitro benzene ring substituents is 1. The molecule has 5 aromatic rings. The average Bonchev–Trinajstić information content (AvgIpc) is 3.32. The van der Waals surface area contributed by atoms with Crippen molar-refractivity contribution in [2.24, 2.45) is 0 Å². The van der Waals surface area contributed by atoms with Crippen LogP contribution in [0, 0.1) is 21.4 Å². The number of ketones is 2. The molecule has 3 aromatic carbocycles. The van der Waals surface area contributed by atoms with Gasteiger partial charge in [0, 0.05) is 35.0 Å². The van der Waals surface area contributed by atoms with Gasteiger partial charge in [0.15, 0.2) is 5.78 Å². The molecule has 0 saturated carbocycles. The molecule has 0 unspecified atom stereocenters. The van der Waals surface area contributed by atoms with E-state index in [1.165, 1.54) is 12.1 Å². The minimum Gasteiger partial charge on any atom is -0.313 e. The SMILES string of the molecule is N#Cc1ccc(C(=O)c2cc(C(=O)c3ccccc3)c3cc(Cc4ccc([N+](=O)[O-])cc4)ccn23)cc1. The van der Waals surface area contributed by atoms with E-state index in [-0.39, 0.29) is 17.3 Å². The lowest BCUT2D eigenvalue weighted by molar-refractivity contribution is -0.384. The van der Waals surface area contributed by atoms with Crippen molar-refractivity contribution >= 4 is 22.8 Å². The summed E-state index contributed by atoms with van der Waals surface area (Å²) in [4.78, 5) is 37.4. The number of nitro groups is 1. The second-order valence-corrected chi connectivity index (χ2v) is 8.55. The highest BCUT2D eigenvalue weighted by atomic mass is 16.6. The predicted octanol–water partition coefficient (Wildman–Crippen LogP) is 5.77. The van der Waals surface area contributed by atoms with E-state index in [0.29, 0.717) is 39.9 Å². The van der Waals surface area contributed by atoms with Crippen molar-refractivity contribution < 1.29 is 14.5 Å². The van der Waals surface area contributed by atoms with E-state index in [1.807, 2.05) is 24.3 Å². The first-order valence-electron chi connectivity index (χ1n) is 11.5. The van der Waals surface area contributed by atoms with E-state index in [0.717, 1.165) is 11.1 Å². The molecule has 7 heteroatoms. The normalized spacial score (nSPS) is 10.7. The molecule has 7 nitrogen and oxygen atoms in total. The highest BCUT2D eigenvalue weighted by Crippen LogP contribution is 2.25. The largest absolute Gasteiger partial charge is 0.313 e. The van der Waals surface area contributed by atoms with Crippen molar-refractivity contribution in [2.75, 3.05) is 0 Å². The number of carbonyl (C=O) groups is 2. The fraction of sp³-hybridized carbons (Fsp3) is 0.0333. The van der Waals surface area contributed by atoms with Gasteiger partial charge in [-0.15, -0.1) is 0 Å². The van der Waals surface area contributed by atoms with Crippen molar-refractivity contribution in [1.82, 2.24) is 4.40 Å². The summed E-state index contributed by atoms with van der Waals surface area (Å²) in [6.45, 7) is 0. The number of pyridine rings is 1. The zero-order valence-corrected chi connectivity index (χ0v) is 19.5. The minimum atomic E-state index is -0.440. The van der Waals surface area contributed by atoms with Crippen LogP contribution in [0.1, 0.15) is 48.7 Å². The van der Waals surface area contributed by atoms with Gasteiger partial charge >= 0.3 is 0 Å². The molecule has 0 N–H and O–H groups in total. The molecule has 0 aliphatic rings. The molecule has 0 fully saturated rings. The maximum absolute atomic E-state index is 13.5. The Morgan fingerprint density at radius 3 is 2.14 bits per heavy atom. The highest BCUT2D eigenvalue weighted by molar-refractivity contribution is 6.17. The molecule has 2 heterocycles. The van der Waals surface area contributed by atoms with Crippen LogP contribution in [0.25, 0.3) is 5.52 Å². The lowest BCUT2D eigenvalue weighted by atomic mass is 10.0. The lowest BCUT2D eigenvalue weighted by Crippen LogP contribution is -2.05. The Kier molecular flexibility index (Phi) is 6.15. The molecule has 0 radical (unpaired) electrons. The fourth-order valence-electron chi connectivity index (χ4n) is 4.27. The minimum absolute atomic E-state index is 0.0208. The molecule has 0 aliphatic heterocycles. The summed E-state index contributed by atoms with van der Waals surface area (Å²) in [5.41, 5.74) is 4.48. The van der Waals surface area contributed by atoms with Crippen LogP contribution < -0.4 is 0 Å². The monoisotopic (exact) mass is 485 g/mol. The third kappa shape index (κ3) is 4.64. The smallest absolute Gasteiger partial charge is 0.269 e. The number of aromatic nitrogens is 1. The Hall–Kier alpha value is -5.35. The first-order chi connectivity index (χ1) is 17.9. The van der Waals surface area contributed by atoms with E-state index in [2.05, 4.69) is 0 Å². The third-order valence-corrected chi connectivity index (χ3v) is 6.18. The quantitative estimate of drug-likeness (QED) is 0.165. The van der Waals surface area contributed by atoms with Gasteiger partial charge in [-0.2, -0.15) is 5.26 Å². The molecular formula is C30H19N3O4. The molecule has 37 heavy (non-hydrogen) atoms. The molecule has 0 spiro atoms. The van der Waals surface area contributed by atoms with Crippen LogP contribution in [-0.2, 0) is 6.42 Å². The molecule has 0 amide bonds. The van der Waals surface area contributed by atoms with E-state index >= 15 is 0 Å². The fourth-order valence-corrected chi connectivity index (χ4v) is 4.27. The average molecular weight is 485 g/mol. The Morgan fingerprint density at radius 2 is 1.49 bits per heavy atom. The van der Waals surface area contributed by atoms with Gasteiger partial charge in [0.25, 0.3) is 5.69 Å². The maximum Gasteiger partial charge on any atom is 0.269 e. The molecule has 0 aliphatic carbocycles. The number of rotatable bonds is 7. The molecule has 5 rings (SSSR count). The van der Waals surface area contributed by atoms with Crippen molar-refractivity contribution in [3.63, 3.8) is 0 Å². The van der Waals surface area contributed by atoms with Gasteiger partial charge in [0.2, 0.25) is 5.78 Å². The van der Waals surface area contributed by atoms with Gasteiger partial charge in [-0.1, -0.05) is 42.5 Å². The summed E-state index contributed by atoms with van der Waals surface area (Å²) in [7, 11) is 0. The Morgan fingerprint density at radius 1 is 0.811 bits per heavy atom. The molecule has 178 valence electrons. The van der Waals surface area contributed by atoms with Crippen molar-refractivity contribution in [3.8, 4) is 6.07 Å². The van der Waals surface area contributed by atoms with Gasteiger partial charge in [-0.25, -0.2) is 0 Å². The number of hydrogen-bond donors (Lipinski definition) is 0. The van der Waals surface area contributed by atoms with Crippen LogP contribution in [-0.4, -0.2) is 20.9 Å². The Balaban J connectivity index is 1.59. The van der Waals surface area contributed by atoms with Gasteiger partial charge in [-0.3, -0.25) is 19.7 Å². The standard InChI is InChI=1S/C30H19N3O4/c31-19-21-6-10-24(11-7-21)30(35)28-18-26(29(34)23-4-2-1-3-5-23)27-17-22(14-15-32(27)28)16-20-8-12-25(13-9-20)33(36)37/h1-15,17-18H,16H2. The summed E-state index contributed by atoms with van der Waals surface area (Å²) < 4.78 is 1.70. The van der Waals surface area contributed by atoms with Crippen LogP contribution in [0.3, 0.4) is 0 Å². The first-order valence-corrected chi connectivity index (χ1v) is 11.5. The molecular weight excluding hydrogens is 466 g/mol. The lowest BCUT2D eigenvalue weighted by Gasteiger charge is -2.07. The number of nitro benzene ring substituents is 1. The maximum atomic E-state index is 13.5. The topological polar surface area (TPSA) is 105 Å². The number of nitriles is 1. The summed E-state index contributed by atoms with van der Waals surface area (Å²) in [5, 5.41) is 20.0. The number of hydrogen-bond acceptors (Lipinski definition) is 5. The Bertz CT molecular complexity index is 1690. The van der Waals surface area contributed by atoms with E-state index in [1.54, 1.807) is 77.3 Å².